The van der Waals surface area contributed by atoms with Gasteiger partial charge < -0.3 is 9.90 Å². The van der Waals surface area contributed by atoms with Crippen molar-refractivity contribution >= 4 is 28.0 Å². The summed E-state index contributed by atoms with van der Waals surface area (Å²) in [5, 5.41) is 7.55. The van der Waals surface area contributed by atoms with Gasteiger partial charge in [0.05, 0.1) is 5.92 Å². The molecule has 64 valence electrons. The van der Waals surface area contributed by atoms with Crippen LogP contribution in [0.25, 0.3) is 0 Å². The van der Waals surface area contributed by atoms with E-state index in [4.69, 9.17) is 5.11 Å². The second-order valence-electron chi connectivity index (χ2n) is 2.27. The van der Waals surface area contributed by atoms with E-state index < -0.39 is 16.7 Å². The van der Waals surface area contributed by atoms with E-state index in [0.717, 1.165) is 6.42 Å². The highest BCUT2D eigenvalue weighted by atomic mass is 79.9. The van der Waals surface area contributed by atoms with Crippen molar-refractivity contribution in [2.75, 3.05) is 0 Å². The summed E-state index contributed by atoms with van der Waals surface area (Å²) >= 11 is 2.70. The molecule has 0 heterocycles. The number of aliphatic hydroxyl groups excluding tert-OH is 1. The van der Waals surface area contributed by atoms with E-state index in [1.165, 1.54) is 0 Å². The fourth-order valence-corrected chi connectivity index (χ4v) is 1.10. The first-order valence-corrected chi connectivity index (χ1v) is 4.36. The second-order valence-corrected chi connectivity index (χ2v) is 3.14. The minimum absolute atomic E-state index is 0.457. The Kier molecular flexibility index (Phi) is 5.32. The van der Waals surface area contributed by atoms with Crippen molar-refractivity contribution in [3.8, 4) is 0 Å². The first-order valence-electron chi connectivity index (χ1n) is 3.44. The summed E-state index contributed by atoms with van der Waals surface area (Å²) in [7, 11) is 0. The molecule has 0 aromatic heterocycles. The first-order chi connectivity index (χ1) is 5.13. The highest BCUT2D eigenvalue weighted by Gasteiger charge is 2.21. The Morgan fingerprint density at radius 1 is 1.73 bits per heavy atom. The van der Waals surface area contributed by atoms with Crippen LogP contribution in [0, 0.1) is 5.92 Å². The molecule has 1 N–H and O–H groups in total. The number of aliphatic hydroxyl groups is 1. The van der Waals surface area contributed by atoms with Crippen LogP contribution in [0.2, 0.25) is 0 Å². The van der Waals surface area contributed by atoms with Gasteiger partial charge in [-0.05, 0) is 22.4 Å². The third-order valence-corrected chi connectivity index (χ3v) is 1.82. The number of ketones is 1. The van der Waals surface area contributed by atoms with E-state index in [2.05, 4.69) is 15.9 Å². The van der Waals surface area contributed by atoms with E-state index in [0.29, 0.717) is 12.7 Å². The fourth-order valence-electron chi connectivity index (χ4n) is 0.765. The fraction of sp³-hybridized carbons (Fsp3) is 0.714. The van der Waals surface area contributed by atoms with Crippen LogP contribution >= 0.6 is 15.9 Å². The zero-order valence-electron chi connectivity index (χ0n) is 6.29. The molecule has 0 spiro atoms. The Bertz CT molecular complexity index is 145. The largest absolute Gasteiger partial charge is 0.374 e. The molecule has 0 rings (SSSR count). The van der Waals surface area contributed by atoms with Gasteiger partial charge >= 0.3 is 0 Å². The monoisotopic (exact) mass is 222 g/mol. The van der Waals surface area contributed by atoms with Gasteiger partial charge in [0.1, 0.15) is 6.29 Å². The Hall–Kier alpha value is -0.220. The van der Waals surface area contributed by atoms with Crippen LogP contribution in [0.4, 0.5) is 0 Å². The first kappa shape index (κ1) is 10.8. The van der Waals surface area contributed by atoms with Crippen molar-refractivity contribution in [3.05, 3.63) is 0 Å². The third-order valence-electron chi connectivity index (χ3n) is 1.36. The lowest BCUT2D eigenvalue weighted by atomic mass is 10.0. The van der Waals surface area contributed by atoms with Crippen LogP contribution in [-0.2, 0) is 9.59 Å². The van der Waals surface area contributed by atoms with Crippen molar-refractivity contribution < 1.29 is 14.7 Å². The molecule has 4 heteroatoms. The highest BCUT2D eigenvalue weighted by molar-refractivity contribution is 9.09. The molecule has 0 amide bonds. The molecule has 0 aromatic rings. The predicted octanol–water partition coefficient (Wildman–Crippen LogP) is 0.884. The average molecular weight is 223 g/mol. The smallest absolute Gasteiger partial charge is 0.182 e. The predicted molar refractivity (Wildman–Crippen MR) is 44.4 cm³/mol. The van der Waals surface area contributed by atoms with Gasteiger partial charge in [0.2, 0.25) is 0 Å². The van der Waals surface area contributed by atoms with Gasteiger partial charge in [-0.2, -0.15) is 0 Å². The van der Waals surface area contributed by atoms with Gasteiger partial charge in [-0.3, -0.25) is 4.79 Å². The highest BCUT2D eigenvalue weighted by Crippen LogP contribution is 2.10. The number of halogens is 1. The van der Waals surface area contributed by atoms with E-state index in [9.17, 15) is 9.59 Å². The van der Waals surface area contributed by atoms with Crippen LogP contribution in [0.15, 0.2) is 0 Å². The number of hydrogen-bond acceptors (Lipinski definition) is 3. The molecule has 0 aromatic carbocycles. The summed E-state index contributed by atoms with van der Waals surface area (Å²) in [6, 6.07) is 0. The van der Waals surface area contributed by atoms with Gasteiger partial charge in [-0.1, -0.05) is 13.3 Å². The zero-order chi connectivity index (χ0) is 8.85. The lowest BCUT2D eigenvalue weighted by Crippen LogP contribution is -2.24. The Labute approximate surface area is 73.9 Å². The number of alkyl halides is 1. The van der Waals surface area contributed by atoms with Crippen LogP contribution in [0.3, 0.4) is 0 Å². The van der Waals surface area contributed by atoms with Gasteiger partial charge in [-0.15, -0.1) is 0 Å². The summed E-state index contributed by atoms with van der Waals surface area (Å²) in [4.78, 5) is 21.2. The molecule has 0 aliphatic heterocycles. The van der Waals surface area contributed by atoms with Crippen LogP contribution in [0.1, 0.15) is 19.8 Å². The maximum Gasteiger partial charge on any atom is 0.182 e. The second kappa shape index (κ2) is 5.43. The molecule has 11 heavy (non-hydrogen) atoms. The van der Waals surface area contributed by atoms with Crippen molar-refractivity contribution in [2.45, 2.75) is 24.8 Å². The lowest BCUT2D eigenvalue weighted by molar-refractivity contribution is -0.130. The van der Waals surface area contributed by atoms with E-state index in [1.54, 1.807) is 0 Å². The number of hydrogen-bond donors (Lipinski definition) is 1. The van der Waals surface area contributed by atoms with E-state index in [-0.39, 0.29) is 0 Å². The number of carbonyl (C=O) groups excluding carboxylic acids is 2. The molecule has 2 atom stereocenters. The zero-order valence-corrected chi connectivity index (χ0v) is 7.87. The normalized spacial score (nSPS) is 15.5. The quantitative estimate of drug-likeness (QED) is 0.427. The Morgan fingerprint density at radius 3 is 2.55 bits per heavy atom. The molecular weight excluding hydrogens is 212 g/mol. The van der Waals surface area contributed by atoms with Crippen molar-refractivity contribution in [2.24, 2.45) is 5.92 Å². The van der Waals surface area contributed by atoms with Crippen LogP contribution < -0.4 is 0 Å². The van der Waals surface area contributed by atoms with Crippen LogP contribution in [-0.4, -0.2) is 22.2 Å². The molecule has 0 saturated carbocycles. The number of Topliss-reactive ketones (excluding diaryl/α,β-unsaturated/α-hetero) is 1. The van der Waals surface area contributed by atoms with Gasteiger partial charge in [0, 0.05) is 0 Å². The summed E-state index contributed by atoms with van der Waals surface area (Å²) in [5.74, 6) is -1.11. The molecule has 0 fully saturated rings. The summed E-state index contributed by atoms with van der Waals surface area (Å²) in [6.07, 6.45) is 1.84. The topological polar surface area (TPSA) is 54.4 Å². The Balaban J connectivity index is 4.02. The lowest BCUT2D eigenvalue weighted by Gasteiger charge is -2.07. The molecule has 0 aliphatic rings. The Morgan fingerprint density at radius 2 is 2.27 bits per heavy atom. The molecule has 0 saturated heterocycles. The number of rotatable bonds is 5. The number of aldehydes is 1. The third kappa shape index (κ3) is 3.62. The molecule has 0 radical (unpaired) electrons. The average Bonchev–Trinajstić information content (AvgIpc) is 1.98. The molecule has 1 unspecified atom stereocenters. The van der Waals surface area contributed by atoms with Crippen molar-refractivity contribution in [1.29, 1.82) is 0 Å². The number of carbonyl (C=O) groups is 2. The minimum Gasteiger partial charge on any atom is -0.374 e. The molecule has 3 nitrogen and oxygen atoms in total. The molecule has 0 bridgehead atoms. The van der Waals surface area contributed by atoms with Crippen molar-refractivity contribution in [1.82, 2.24) is 0 Å². The molecule has 0 aliphatic carbocycles. The summed E-state index contributed by atoms with van der Waals surface area (Å²) in [5.41, 5.74) is 0. The molecular formula is C7H11BrO3. The van der Waals surface area contributed by atoms with E-state index >= 15 is 0 Å². The maximum absolute atomic E-state index is 10.9. The van der Waals surface area contributed by atoms with Crippen LogP contribution in [0.5, 0.6) is 0 Å². The summed E-state index contributed by atoms with van der Waals surface area (Å²) < 4.78 is 0. The maximum atomic E-state index is 10.9. The van der Waals surface area contributed by atoms with Gasteiger partial charge in [0.15, 0.2) is 10.8 Å². The van der Waals surface area contributed by atoms with E-state index in [1.807, 2.05) is 6.92 Å². The summed E-state index contributed by atoms with van der Waals surface area (Å²) in [6.45, 7) is 1.88. The SMILES string of the molecule is CCCC(C=O)C(=O)[C@@H](O)Br. The van der Waals surface area contributed by atoms with Crippen molar-refractivity contribution in [3.63, 3.8) is 0 Å². The van der Waals surface area contributed by atoms with Gasteiger partial charge in [-0.25, -0.2) is 0 Å². The van der Waals surface area contributed by atoms with Gasteiger partial charge in [0.25, 0.3) is 0 Å². The standard InChI is InChI=1S/C7H11BrO3/c1-2-3-5(4-9)6(10)7(8)11/h4-5,7,11H,2-3H2,1H3/t5?,7-/m1/s1. The minimum atomic E-state index is -1.20.